The maximum absolute atomic E-state index is 12.1. The van der Waals surface area contributed by atoms with Gasteiger partial charge in [0.05, 0.1) is 13.7 Å². The van der Waals surface area contributed by atoms with Crippen molar-refractivity contribution in [3.63, 3.8) is 0 Å². The lowest BCUT2D eigenvalue weighted by Crippen LogP contribution is -2.28. The monoisotopic (exact) mass is 314 g/mol. The van der Waals surface area contributed by atoms with Crippen LogP contribution in [0, 0.1) is 0 Å². The van der Waals surface area contributed by atoms with Crippen molar-refractivity contribution in [1.29, 1.82) is 0 Å². The van der Waals surface area contributed by atoms with Gasteiger partial charge in [-0.3, -0.25) is 4.79 Å². The fourth-order valence-electron chi connectivity index (χ4n) is 2.03. The predicted octanol–water partition coefficient (Wildman–Crippen LogP) is 2.57. The van der Waals surface area contributed by atoms with E-state index < -0.39 is 0 Å². The van der Waals surface area contributed by atoms with Crippen molar-refractivity contribution >= 4 is 11.6 Å². The third kappa shape index (κ3) is 4.92. The van der Waals surface area contributed by atoms with Crippen LogP contribution in [0.2, 0.25) is 0 Å². The number of hydrogen-bond donors (Lipinski definition) is 1. The zero-order valence-electron chi connectivity index (χ0n) is 13.7. The molecule has 2 rings (SSSR count). The first-order valence-electron chi connectivity index (χ1n) is 7.42. The van der Waals surface area contributed by atoms with E-state index in [0.29, 0.717) is 18.7 Å². The molecule has 0 saturated heterocycles. The minimum atomic E-state index is -0.105. The summed E-state index contributed by atoms with van der Waals surface area (Å²) in [5.74, 6) is 1.42. The number of rotatable bonds is 7. The number of ether oxygens (including phenoxy) is 2. The van der Waals surface area contributed by atoms with Crippen LogP contribution in [0.1, 0.15) is 10.4 Å². The molecule has 5 heteroatoms. The number of carbonyl (C=O) groups is 1. The molecule has 5 nitrogen and oxygen atoms in total. The molecule has 1 N–H and O–H groups in total. The molecule has 0 saturated carbocycles. The first-order chi connectivity index (χ1) is 11.1. The minimum absolute atomic E-state index is 0.105. The van der Waals surface area contributed by atoms with Crippen LogP contribution in [0.3, 0.4) is 0 Å². The Morgan fingerprint density at radius 3 is 2.43 bits per heavy atom. The number of methoxy groups -OCH3 is 1. The number of carbonyl (C=O) groups excluding carboxylic acids is 1. The van der Waals surface area contributed by atoms with E-state index in [0.717, 1.165) is 17.2 Å². The first-order valence-corrected chi connectivity index (χ1v) is 7.42. The Labute approximate surface area is 136 Å². The first kappa shape index (κ1) is 16.7. The summed E-state index contributed by atoms with van der Waals surface area (Å²) >= 11 is 0. The maximum atomic E-state index is 12.1. The molecule has 0 bridgehead atoms. The molecule has 23 heavy (non-hydrogen) atoms. The summed E-state index contributed by atoms with van der Waals surface area (Å²) in [5, 5.41) is 2.85. The van der Waals surface area contributed by atoms with Crippen molar-refractivity contribution in [2.75, 3.05) is 39.3 Å². The Morgan fingerprint density at radius 2 is 1.78 bits per heavy atom. The van der Waals surface area contributed by atoms with Gasteiger partial charge in [-0.05, 0) is 42.5 Å². The molecular weight excluding hydrogens is 292 g/mol. The van der Waals surface area contributed by atoms with E-state index in [9.17, 15) is 4.79 Å². The highest BCUT2D eigenvalue weighted by molar-refractivity contribution is 5.95. The lowest BCUT2D eigenvalue weighted by molar-refractivity contribution is 0.0947. The Bertz CT molecular complexity index is 639. The number of nitrogens with one attached hydrogen (secondary N) is 1. The quantitative estimate of drug-likeness (QED) is 0.798. The molecule has 0 atom stereocenters. The highest BCUT2D eigenvalue weighted by Crippen LogP contribution is 2.16. The van der Waals surface area contributed by atoms with Crippen LogP contribution in [0.5, 0.6) is 11.5 Å². The van der Waals surface area contributed by atoms with Gasteiger partial charge in [0.1, 0.15) is 18.1 Å². The van der Waals surface area contributed by atoms with Crippen LogP contribution in [-0.4, -0.2) is 40.3 Å². The number of benzene rings is 2. The van der Waals surface area contributed by atoms with Crippen LogP contribution >= 0.6 is 0 Å². The summed E-state index contributed by atoms with van der Waals surface area (Å²) in [6.45, 7) is 0.850. The van der Waals surface area contributed by atoms with E-state index in [1.807, 2.05) is 61.5 Å². The van der Waals surface area contributed by atoms with E-state index in [-0.39, 0.29) is 5.91 Å². The highest BCUT2D eigenvalue weighted by Gasteiger charge is 2.06. The minimum Gasteiger partial charge on any atom is -0.497 e. The largest absolute Gasteiger partial charge is 0.497 e. The molecule has 0 spiro atoms. The Hall–Kier alpha value is -2.69. The molecule has 0 aliphatic heterocycles. The van der Waals surface area contributed by atoms with E-state index in [2.05, 4.69) is 5.32 Å². The van der Waals surface area contributed by atoms with Gasteiger partial charge in [0, 0.05) is 25.3 Å². The topological polar surface area (TPSA) is 50.8 Å². The number of anilines is 1. The molecule has 2 aromatic carbocycles. The molecular formula is C18H22N2O3. The Balaban J connectivity index is 1.79. The average molecular weight is 314 g/mol. The summed E-state index contributed by atoms with van der Waals surface area (Å²) in [6.07, 6.45) is 0. The standard InChI is InChI=1S/C18H22N2O3/c1-20(2)15-6-4-5-14(13-15)18(21)19-11-12-23-17-9-7-16(22-3)8-10-17/h4-10,13H,11-12H2,1-3H3,(H,19,21). The zero-order valence-corrected chi connectivity index (χ0v) is 13.7. The number of nitrogens with zero attached hydrogens (tertiary/aromatic N) is 1. The van der Waals surface area contributed by atoms with E-state index in [1.165, 1.54) is 0 Å². The molecule has 0 aromatic heterocycles. The molecule has 0 heterocycles. The SMILES string of the molecule is COc1ccc(OCCNC(=O)c2cccc(N(C)C)c2)cc1. The van der Waals surface area contributed by atoms with E-state index in [1.54, 1.807) is 13.2 Å². The van der Waals surface area contributed by atoms with Crippen LogP contribution in [0.25, 0.3) is 0 Å². The third-order valence-corrected chi connectivity index (χ3v) is 3.34. The fraction of sp³-hybridized carbons (Fsp3) is 0.278. The molecule has 0 radical (unpaired) electrons. The molecule has 0 unspecified atom stereocenters. The van der Waals surface area contributed by atoms with Crippen LogP contribution in [0.15, 0.2) is 48.5 Å². The summed E-state index contributed by atoms with van der Waals surface area (Å²) in [7, 11) is 5.51. The second kappa shape index (κ2) is 8.08. The van der Waals surface area contributed by atoms with Gasteiger partial charge in [-0.15, -0.1) is 0 Å². The van der Waals surface area contributed by atoms with Gasteiger partial charge < -0.3 is 19.7 Å². The van der Waals surface area contributed by atoms with Crippen molar-refractivity contribution in [2.45, 2.75) is 0 Å². The van der Waals surface area contributed by atoms with Crippen LogP contribution in [-0.2, 0) is 0 Å². The average Bonchev–Trinajstić information content (AvgIpc) is 2.59. The number of hydrogen-bond acceptors (Lipinski definition) is 4. The molecule has 0 aliphatic rings. The zero-order chi connectivity index (χ0) is 16.7. The molecule has 0 aliphatic carbocycles. The lowest BCUT2D eigenvalue weighted by atomic mass is 10.2. The van der Waals surface area contributed by atoms with Gasteiger partial charge >= 0.3 is 0 Å². The van der Waals surface area contributed by atoms with Crippen molar-refractivity contribution in [3.05, 3.63) is 54.1 Å². The van der Waals surface area contributed by atoms with Gasteiger partial charge in [-0.1, -0.05) is 6.07 Å². The van der Waals surface area contributed by atoms with Crippen molar-refractivity contribution in [3.8, 4) is 11.5 Å². The third-order valence-electron chi connectivity index (χ3n) is 3.34. The maximum Gasteiger partial charge on any atom is 0.251 e. The van der Waals surface area contributed by atoms with Crippen LogP contribution < -0.4 is 19.7 Å². The second-order valence-electron chi connectivity index (χ2n) is 5.22. The van der Waals surface area contributed by atoms with Gasteiger partial charge in [0.25, 0.3) is 5.91 Å². The van der Waals surface area contributed by atoms with Crippen molar-refractivity contribution in [2.24, 2.45) is 0 Å². The Kier molecular flexibility index (Phi) is 5.86. The molecule has 1 amide bonds. The van der Waals surface area contributed by atoms with E-state index in [4.69, 9.17) is 9.47 Å². The smallest absolute Gasteiger partial charge is 0.251 e. The van der Waals surface area contributed by atoms with Crippen molar-refractivity contribution < 1.29 is 14.3 Å². The summed E-state index contributed by atoms with van der Waals surface area (Å²) in [5.41, 5.74) is 1.63. The van der Waals surface area contributed by atoms with Crippen molar-refractivity contribution in [1.82, 2.24) is 5.32 Å². The molecule has 122 valence electrons. The number of amides is 1. The van der Waals surface area contributed by atoms with Gasteiger partial charge in [0.2, 0.25) is 0 Å². The molecule has 0 fully saturated rings. The van der Waals surface area contributed by atoms with Gasteiger partial charge in [0.15, 0.2) is 0 Å². The summed E-state index contributed by atoms with van der Waals surface area (Å²) in [6, 6.07) is 14.8. The predicted molar refractivity (Wildman–Crippen MR) is 91.6 cm³/mol. The summed E-state index contributed by atoms with van der Waals surface area (Å²) < 4.78 is 10.7. The van der Waals surface area contributed by atoms with Gasteiger partial charge in [-0.25, -0.2) is 0 Å². The molecule has 2 aromatic rings. The van der Waals surface area contributed by atoms with Crippen LogP contribution in [0.4, 0.5) is 5.69 Å². The summed E-state index contributed by atoms with van der Waals surface area (Å²) in [4.78, 5) is 14.1. The highest BCUT2D eigenvalue weighted by atomic mass is 16.5. The van der Waals surface area contributed by atoms with Gasteiger partial charge in [-0.2, -0.15) is 0 Å². The Morgan fingerprint density at radius 1 is 1.09 bits per heavy atom. The van der Waals surface area contributed by atoms with E-state index >= 15 is 0 Å². The fourth-order valence-corrected chi connectivity index (χ4v) is 2.03. The normalized spacial score (nSPS) is 10.0. The second-order valence-corrected chi connectivity index (χ2v) is 5.22. The lowest BCUT2D eigenvalue weighted by Gasteiger charge is -2.13.